The fourth-order valence-corrected chi connectivity index (χ4v) is 2.30. The molecule has 0 saturated carbocycles. The number of aromatic nitrogens is 1. The molecular weight excluding hydrogens is 298 g/mol. The Bertz CT molecular complexity index is 303. The molecule has 0 saturated heterocycles. The molecule has 0 radical (unpaired) electrons. The maximum absolute atomic E-state index is 4.32. The van der Waals surface area contributed by atoms with E-state index >= 15 is 0 Å². The summed E-state index contributed by atoms with van der Waals surface area (Å²) in [7, 11) is 4.21. The van der Waals surface area contributed by atoms with Gasteiger partial charge in [-0.3, -0.25) is 0 Å². The van der Waals surface area contributed by atoms with E-state index in [0.717, 1.165) is 34.9 Å². The fraction of sp³-hybridized carbons (Fsp3) is 0.583. The third-order valence-electron chi connectivity index (χ3n) is 2.19. The Kier molecular flexibility index (Phi) is 7.84. The molecule has 0 aliphatic heterocycles. The maximum atomic E-state index is 4.32. The third kappa shape index (κ3) is 7.76. The molecule has 1 rings (SSSR count). The monoisotopic (exact) mass is 317 g/mol. The van der Waals surface area contributed by atoms with Crippen molar-refractivity contribution < 1.29 is 0 Å². The van der Waals surface area contributed by atoms with Crippen molar-refractivity contribution in [2.45, 2.75) is 11.4 Å². The van der Waals surface area contributed by atoms with E-state index in [1.54, 1.807) is 11.8 Å². The molecule has 0 spiro atoms. The molecule has 1 aromatic rings. The average molecular weight is 318 g/mol. The Labute approximate surface area is 117 Å². The van der Waals surface area contributed by atoms with Gasteiger partial charge in [0.15, 0.2) is 0 Å². The van der Waals surface area contributed by atoms with Crippen molar-refractivity contribution >= 4 is 27.7 Å². The minimum Gasteiger partial charge on any atom is -0.316 e. The van der Waals surface area contributed by atoms with Gasteiger partial charge in [-0.15, -0.1) is 11.8 Å². The van der Waals surface area contributed by atoms with Gasteiger partial charge in [-0.25, -0.2) is 4.98 Å². The molecule has 17 heavy (non-hydrogen) atoms. The second-order valence-electron chi connectivity index (χ2n) is 4.07. The van der Waals surface area contributed by atoms with Gasteiger partial charge >= 0.3 is 0 Å². The van der Waals surface area contributed by atoms with Crippen molar-refractivity contribution in [2.24, 2.45) is 0 Å². The quantitative estimate of drug-likeness (QED) is 0.589. The molecule has 0 aliphatic rings. The Morgan fingerprint density at radius 3 is 2.82 bits per heavy atom. The lowest BCUT2D eigenvalue weighted by atomic mass is 10.4. The Hall–Kier alpha value is -0.100. The number of hydrogen-bond donors (Lipinski definition) is 1. The van der Waals surface area contributed by atoms with Crippen LogP contribution >= 0.6 is 27.7 Å². The van der Waals surface area contributed by atoms with Crippen LogP contribution in [-0.4, -0.2) is 49.4 Å². The number of nitrogens with one attached hydrogen (secondary N) is 1. The molecule has 0 amide bonds. The van der Waals surface area contributed by atoms with Gasteiger partial charge in [-0.1, -0.05) is 0 Å². The molecule has 0 bridgehead atoms. The van der Waals surface area contributed by atoms with E-state index in [1.807, 2.05) is 18.3 Å². The zero-order valence-electron chi connectivity index (χ0n) is 10.4. The van der Waals surface area contributed by atoms with Crippen LogP contribution in [0.4, 0.5) is 0 Å². The van der Waals surface area contributed by atoms with E-state index in [2.05, 4.69) is 45.2 Å². The molecule has 1 N–H and O–H groups in total. The molecule has 5 heteroatoms. The number of thioether (sulfide) groups is 1. The van der Waals surface area contributed by atoms with Crippen LogP contribution in [0.1, 0.15) is 6.42 Å². The minimum atomic E-state index is 1.03. The van der Waals surface area contributed by atoms with E-state index in [1.165, 1.54) is 6.42 Å². The van der Waals surface area contributed by atoms with E-state index in [4.69, 9.17) is 0 Å². The van der Waals surface area contributed by atoms with Gasteiger partial charge < -0.3 is 10.2 Å². The van der Waals surface area contributed by atoms with E-state index < -0.39 is 0 Å². The summed E-state index contributed by atoms with van der Waals surface area (Å²) in [5.74, 6) is 1.07. The number of nitrogens with zero attached hydrogens (tertiary/aromatic N) is 2. The first-order valence-corrected chi connectivity index (χ1v) is 7.56. The van der Waals surface area contributed by atoms with E-state index in [0.29, 0.717) is 0 Å². The maximum Gasteiger partial charge on any atom is 0.0961 e. The molecular formula is C12H20BrN3S. The van der Waals surface area contributed by atoms with Crippen molar-refractivity contribution in [3.05, 3.63) is 22.8 Å². The van der Waals surface area contributed by atoms with Gasteiger partial charge in [0.2, 0.25) is 0 Å². The predicted octanol–water partition coefficient (Wildman–Crippen LogP) is 2.48. The number of pyridine rings is 1. The smallest absolute Gasteiger partial charge is 0.0961 e. The van der Waals surface area contributed by atoms with Crippen LogP contribution < -0.4 is 5.32 Å². The topological polar surface area (TPSA) is 28.2 Å². The van der Waals surface area contributed by atoms with Crippen LogP contribution in [0.2, 0.25) is 0 Å². The standard InChI is InChI=1S/C12H20BrN3S/c1-16(2)8-3-6-14-7-9-17-12-5-4-11(13)10-15-12/h4-5,10,14H,3,6-9H2,1-2H3. The highest BCUT2D eigenvalue weighted by atomic mass is 79.9. The van der Waals surface area contributed by atoms with Crippen LogP contribution in [0.3, 0.4) is 0 Å². The van der Waals surface area contributed by atoms with E-state index in [-0.39, 0.29) is 0 Å². The lowest BCUT2D eigenvalue weighted by Gasteiger charge is -2.09. The van der Waals surface area contributed by atoms with Gasteiger partial charge in [0, 0.05) is 23.0 Å². The van der Waals surface area contributed by atoms with Crippen LogP contribution in [0.15, 0.2) is 27.8 Å². The number of rotatable bonds is 8. The molecule has 3 nitrogen and oxygen atoms in total. The zero-order valence-corrected chi connectivity index (χ0v) is 12.9. The predicted molar refractivity (Wildman–Crippen MR) is 78.7 cm³/mol. The lowest BCUT2D eigenvalue weighted by molar-refractivity contribution is 0.396. The molecule has 96 valence electrons. The second-order valence-corrected chi connectivity index (χ2v) is 6.10. The van der Waals surface area contributed by atoms with Crippen molar-refractivity contribution in [2.75, 3.05) is 39.5 Å². The Morgan fingerprint density at radius 2 is 2.18 bits per heavy atom. The van der Waals surface area contributed by atoms with Gasteiger partial charge in [-0.2, -0.15) is 0 Å². The summed E-state index contributed by atoms with van der Waals surface area (Å²) < 4.78 is 1.03. The first kappa shape index (κ1) is 15.0. The summed E-state index contributed by atoms with van der Waals surface area (Å²) >= 11 is 5.17. The van der Waals surface area contributed by atoms with Gasteiger partial charge in [0.1, 0.15) is 0 Å². The van der Waals surface area contributed by atoms with Gasteiger partial charge in [-0.05, 0) is 61.7 Å². The summed E-state index contributed by atoms with van der Waals surface area (Å²) in [4.78, 5) is 6.53. The molecule has 1 heterocycles. The second kappa shape index (κ2) is 8.91. The van der Waals surface area contributed by atoms with Gasteiger partial charge in [0.05, 0.1) is 5.03 Å². The first-order valence-electron chi connectivity index (χ1n) is 5.78. The molecule has 1 aromatic heterocycles. The molecule has 0 fully saturated rings. The Balaban J connectivity index is 1.99. The first-order chi connectivity index (χ1) is 8.18. The summed E-state index contributed by atoms with van der Waals surface area (Å²) in [5, 5.41) is 4.52. The van der Waals surface area contributed by atoms with Crippen molar-refractivity contribution in [1.82, 2.24) is 15.2 Å². The number of halogens is 1. The van der Waals surface area contributed by atoms with Crippen molar-refractivity contribution in [1.29, 1.82) is 0 Å². The van der Waals surface area contributed by atoms with Crippen LogP contribution in [0.5, 0.6) is 0 Å². The van der Waals surface area contributed by atoms with Crippen LogP contribution in [-0.2, 0) is 0 Å². The van der Waals surface area contributed by atoms with Crippen LogP contribution in [0.25, 0.3) is 0 Å². The minimum absolute atomic E-state index is 1.03. The SMILES string of the molecule is CN(C)CCCNCCSc1ccc(Br)cn1. The van der Waals surface area contributed by atoms with E-state index in [9.17, 15) is 0 Å². The Morgan fingerprint density at radius 1 is 1.35 bits per heavy atom. The van der Waals surface area contributed by atoms with Crippen molar-refractivity contribution in [3.63, 3.8) is 0 Å². The highest BCUT2D eigenvalue weighted by Gasteiger charge is 1.95. The average Bonchev–Trinajstić information content (AvgIpc) is 2.30. The number of hydrogen-bond acceptors (Lipinski definition) is 4. The molecule has 0 unspecified atom stereocenters. The third-order valence-corrected chi connectivity index (χ3v) is 3.60. The lowest BCUT2D eigenvalue weighted by Crippen LogP contribution is -2.23. The largest absolute Gasteiger partial charge is 0.316 e. The normalized spacial score (nSPS) is 11.1. The summed E-state index contributed by atoms with van der Waals surface area (Å²) in [6.45, 7) is 3.27. The summed E-state index contributed by atoms with van der Waals surface area (Å²) in [6, 6.07) is 4.07. The zero-order chi connectivity index (χ0) is 12.5. The van der Waals surface area contributed by atoms with Crippen LogP contribution in [0, 0.1) is 0 Å². The van der Waals surface area contributed by atoms with Gasteiger partial charge in [0.25, 0.3) is 0 Å². The summed E-state index contributed by atoms with van der Waals surface area (Å²) in [5.41, 5.74) is 0. The summed E-state index contributed by atoms with van der Waals surface area (Å²) in [6.07, 6.45) is 3.04. The van der Waals surface area contributed by atoms with Crippen molar-refractivity contribution in [3.8, 4) is 0 Å². The fourth-order valence-electron chi connectivity index (χ4n) is 1.32. The molecule has 0 atom stereocenters. The molecule has 0 aromatic carbocycles. The molecule has 0 aliphatic carbocycles. The highest BCUT2D eigenvalue weighted by Crippen LogP contribution is 2.16. The highest BCUT2D eigenvalue weighted by molar-refractivity contribution is 9.10.